The number of hydrogen-bond donors (Lipinski definition) is 0. The number of hydrazine groups is 1. The molecule has 1 aliphatic rings. The van der Waals surface area contributed by atoms with Gasteiger partial charge in [0.25, 0.3) is 0 Å². The lowest BCUT2D eigenvalue weighted by Crippen LogP contribution is -2.39. The van der Waals surface area contributed by atoms with E-state index in [1.165, 1.54) is 5.01 Å². The minimum Gasteiger partial charge on any atom is -0.377 e. The predicted molar refractivity (Wildman–Crippen MR) is 50.3 cm³/mol. The largest absolute Gasteiger partial charge is 0.377 e. The Morgan fingerprint density at radius 1 is 1.62 bits per heavy atom. The summed E-state index contributed by atoms with van der Waals surface area (Å²) in [5.41, 5.74) is 0.899. The van der Waals surface area contributed by atoms with Crippen LogP contribution in [0.2, 0.25) is 0 Å². The first-order valence-corrected chi connectivity index (χ1v) is 4.44. The molecule has 13 heavy (non-hydrogen) atoms. The van der Waals surface area contributed by atoms with Gasteiger partial charge in [0.05, 0.1) is 13.2 Å². The van der Waals surface area contributed by atoms with Gasteiger partial charge < -0.3 is 4.74 Å². The second-order valence-electron chi connectivity index (χ2n) is 2.93. The maximum Gasteiger partial charge on any atom is 0.335 e. The molecule has 0 radical (unpaired) electrons. The van der Waals surface area contributed by atoms with E-state index >= 15 is 0 Å². The van der Waals surface area contributed by atoms with Gasteiger partial charge in [-0.05, 0) is 17.7 Å². The van der Waals surface area contributed by atoms with Crippen LogP contribution >= 0.6 is 11.6 Å². The van der Waals surface area contributed by atoms with Crippen LogP contribution in [0, 0.1) is 0 Å². The van der Waals surface area contributed by atoms with E-state index in [1.54, 1.807) is 19.1 Å². The van der Waals surface area contributed by atoms with E-state index in [0.717, 1.165) is 12.1 Å². The second kappa shape index (κ2) is 4.60. The van der Waals surface area contributed by atoms with Crippen molar-refractivity contribution in [2.45, 2.75) is 6.42 Å². The molecule has 1 aliphatic heterocycles. The maximum absolute atomic E-state index is 11.1. The van der Waals surface area contributed by atoms with Gasteiger partial charge in [-0.1, -0.05) is 0 Å². The number of amides is 1. The van der Waals surface area contributed by atoms with Gasteiger partial charge in [-0.3, -0.25) is 4.79 Å². The van der Waals surface area contributed by atoms with Crippen LogP contribution in [0.15, 0.2) is 11.8 Å². The van der Waals surface area contributed by atoms with E-state index < -0.39 is 5.37 Å². The van der Waals surface area contributed by atoms with Crippen molar-refractivity contribution >= 4 is 17.0 Å². The van der Waals surface area contributed by atoms with Crippen molar-refractivity contribution < 1.29 is 9.53 Å². The first-order valence-electron chi connectivity index (χ1n) is 4.06. The van der Waals surface area contributed by atoms with E-state index in [1.807, 2.05) is 6.08 Å². The number of halogens is 1. The topological polar surface area (TPSA) is 32.8 Å². The van der Waals surface area contributed by atoms with E-state index in [9.17, 15) is 4.79 Å². The third kappa shape index (κ3) is 2.69. The molecular weight excluding hydrogens is 192 g/mol. The van der Waals surface area contributed by atoms with Gasteiger partial charge >= 0.3 is 5.37 Å². The summed E-state index contributed by atoms with van der Waals surface area (Å²) in [5.74, 6) is 0. The van der Waals surface area contributed by atoms with Gasteiger partial charge in [-0.15, -0.1) is 0 Å². The van der Waals surface area contributed by atoms with E-state index in [0.29, 0.717) is 13.2 Å². The Morgan fingerprint density at radius 3 is 2.69 bits per heavy atom. The molecule has 0 aromatic rings. The van der Waals surface area contributed by atoms with E-state index in [-0.39, 0.29) is 0 Å². The van der Waals surface area contributed by atoms with Crippen LogP contribution in [0.5, 0.6) is 0 Å². The molecule has 74 valence electrons. The number of hydrogen-bond acceptors (Lipinski definition) is 3. The number of rotatable bonds is 2. The molecule has 0 unspecified atom stereocenters. The van der Waals surface area contributed by atoms with Crippen LogP contribution in [0.3, 0.4) is 0 Å². The molecule has 1 rings (SSSR count). The van der Waals surface area contributed by atoms with Crippen LogP contribution in [0.4, 0.5) is 4.79 Å². The minimum absolute atomic E-state index is 0.488. The molecule has 0 fully saturated rings. The van der Waals surface area contributed by atoms with Crippen molar-refractivity contribution in [1.82, 2.24) is 10.0 Å². The number of ether oxygens (including phenoxy) is 1. The van der Waals surface area contributed by atoms with Crippen molar-refractivity contribution in [3.63, 3.8) is 0 Å². The predicted octanol–water partition coefficient (Wildman–Crippen LogP) is 1.43. The smallest absolute Gasteiger partial charge is 0.335 e. The Labute approximate surface area is 82.7 Å². The van der Waals surface area contributed by atoms with Crippen molar-refractivity contribution in [3.05, 3.63) is 11.8 Å². The summed E-state index contributed by atoms with van der Waals surface area (Å²) in [6, 6.07) is 0. The molecule has 0 atom stereocenters. The average molecular weight is 205 g/mol. The zero-order valence-electron chi connectivity index (χ0n) is 7.79. The molecule has 0 bridgehead atoms. The molecule has 1 heterocycles. The van der Waals surface area contributed by atoms with Crippen LogP contribution in [0.25, 0.3) is 0 Å². The first kappa shape index (κ1) is 10.5. The van der Waals surface area contributed by atoms with Crippen LogP contribution in [0.1, 0.15) is 6.42 Å². The molecule has 1 amide bonds. The van der Waals surface area contributed by atoms with E-state index in [4.69, 9.17) is 16.3 Å². The Bertz CT molecular complexity index is 228. The summed E-state index contributed by atoms with van der Waals surface area (Å²) in [6.45, 7) is 1.18. The lowest BCUT2D eigenvalue weighted by molar-refractivity contribution is 0.0838. The Balaban J connectivity index is 2.74. The van der Waals surface area contributed by atoms with Crippen molar-refractivity contribution in [3.8, 4) is 0 Å². The van der Waals surface area contributed by atoms with Crippen molar-refractivity contribution in [2.24, 2.45) is 0 Å². The maximum atomic E-state index is 11.1. The van der Waals surface area contributed by atoms with E-state index in [2.05, 4.69) is 0 Å². The molecule has 0 aromatic heterocycles. The fourth-order valence-electron chi connectivity index (χ4n) is 1.24. The normalized spacial score (nSPS) is 17.1. The second-order valence-corrected chi connectivity index (χ2v) is 3.26. The van der Waals surface area contributed by atoms with Crippen LogP contribution in [-0.4, -0.2) is 42.7 Å². The zero-order chi connectivity index (χ0) is 9.84. The third-order valence-electron chi connectivity index (χ3n) is 1.78. The minimum atomic E-state index is -0.488. The van der Waals surface area contributed by atoms with Crippen molar-refractivity contribution in [2.75, 3.05) is 27.3 Å². The number of carbonyl (C=O) groups is 1. The lowest BCUT2D eigenvalue weighted by Gasteiger charge is -2.30. The summed E-state index contributed by atoms with van der Waals surface area (Å²) >= 11 is 5.44. The fraction of sp³-hybridized carbons (Fsp3) is 0.625. The molecule has 0 aliphatic carbocycles. The molecular formula is C8H13ClN2O2. The molecule has 5 heteroatoms. The van der Waals surface area contributed by atoms with Crippen LogP contribution in [-0.2, 0) is 4.74 Å². The fourth-order valence-corrected chi connectivity index (χ4v) is 1.50. The molecule has 0 aromatic carbocycles. The first-order chi connectivity index (χ1) is 6.13. The molecule has 0 N–H and O–H groups in total. The van der Waals surface area contributed by atoms with Gasteiger partial charge in [0.2, 0.25) is 0 Å². The van der Waals surface area contributed by atoms with Gasteiger partial charge in [0, 0.05) is 26.2 Å². The highest BCUT2D eigenvalue weighted by Crippen LogP contribution is 2.16. The molecule has 0 saturated carbocycles. The Hall–Kier alpha value is -0.580. The standard InChI is InChI=1S/C8H13ClN2O2/c1-10(2)11(8(9)12)7-3-5-13-6-4-7/h3H,4-6H2,1-2H3. The highest BCUT2D eigenvalue weighted by atomic mass is 35.5. The Kier molecular flexibility index (Phi) is 3.71. The summed E-state index contributed by atoms with van der Waals surface area (Å²) in [4.78, 5) is 11.1. The number of carbonyl (C=O) groups excluding carboxylic acids is 1. The van der Waals surface area contributed by atoms with Crippen molar-refractivity contribution in [1.29, 1.82) is 0 Å². The van der Waals surface area contributed by atoms with Gasteiger partial charge in [-0.2, -0.15) is 0 Å². The highest BCUT2D eigenvalue weighted by molar-refractivity contribution is 6.62. The van der Waals surface area contributed by atoms with Crippen LogP contribution < -0.4 is 0 Å². The number of nitrogens with zero attached hydrogens (tertiary/aromatic N) is 2. The monoisotopic (exact) mass is 204 g/mol. The van der Waals surface area contributed by atoms with Gasteiger partial charge in [-0.25, -0.2) is 10.0 Å². The summed E-state index contributed by atoms with van der Waals surface area (Å²) in [5, 5.41) is 2.61. The third-order valence-corrected chi connectivity index (χ3v) is 1.94. The summed E-state index contributed by atoms with van der Waals surface area (Å²) in [6.07, 6.45) is 2.58. The quantitative estimate of drug-likeness (QED) is 0.388. The SMILES string of the molecule is CN(C)N(C(=O)Cl)C1=CCOCC1. The Morgan fingerprint density at radius 2 is 2.31 bits per heavy atom. The molecule has 0 saturated heterocycles. The zero-order valence-corrected chi connectivity index (χ0v) is 8.54. The lowest BCUT2D eigenvalue weighted by atomic mass is 10.2. The molecule has 0 spiro atoms. The average Bonchev–Trinajstić information content (AvgIpc) is 2.04. The summed E-state index contributed by atoms with van der Waals surface area (Å²) in [7, 11) is 3.55. The van der Waals surface area contributed by atoms with Gasteiger partial charge in [0.1, 0.15) is 0 Å². The highest BCUT2D eigenvalue weighted by Gasteiger charge is 2.19. The summed E-state index contributed by atoms with van der Waals surface area (Å²) < 4.78 is 5.13. The van der Waals surface area contributed by atoms with Gasteiger partial charge in [0.15, 0.2) is 0 Å². The molecule has 4 nitrogen and oxygen atoms in total.